The predicted molar refractivity (Wildman–Crippen MR) is 244 cm³/mol. The molecule has 2 amide bonds. The van der Waals surface area contributed by atoms with E-state index < -0.39 is 9.84 Å². The third-order valence-electron chi connectivity index (χ3n) is 11.2. The molecule has 8 rings (SSSR count). The zero-order valence-electron chi connectivity index (χ0n) is 34.6. The highest BCUT2D eigenvalue weighted by Crippen LogP contribution is 2.36. The smallest absolute Gasteiger partial charge is 0.258 e. The first kappa shape index (κ1) is 43.6. The first-order chi connectivity index (χ1) is 28.6. The van der Waals surface area contributed by atoms with Gasteiger partial charge < -0.3 is 10.6 Å². The summed E-state index contributed by atoms with van der Waals surface area (Å²) in [7, 11) is -2.97. The van der Waals surface area contributed by atoms with Crippen LogP contribution in [0.4, 0.5) is 11.4 Å². The highest BCUT2D eigenvalue weighted by molar-refractivity contribution is 7.99. The van der Waals surface area contributed by atoms with E-state index in [4.69, 9.17) is 28.3 Å². The van der Waals surface area contributed by atoms with Crippen LogP contribution in [0.15, 0.2) is 60.9 Å². The van der Waals surface area contributed by atoms with Crippen molar-refractivity contribution in [2.75, 3.05) is 33.6 Å². The summed E-state index contributed by atoms with van der Waals surface area (Å²) in [4.78, 5) is 34.8. The molecular weight excluding hydrogens is 840 g/mol. The lowest BCUT2D eigenvalue weighted by Gasteiger charge is -2.22. The number of halogens is 2. The van der Waals surface area contributed by atoms with E-state index in [1.165, 1.54) is 17.3 Å². The highest BCUT2D eigenvalue weighted by atomic mass is 35.5. The lowest BCUT2D eigenvalue weighted by atomic mass is 10.0. The second-order valence-corrected chi connectivity index (χ2v) is 20.4. The molecule has 6 heterocycles. The molecule has 16 heteroatoms. The topological polar surface area (TPSA) is 154 Å². The van der Waals surface area contributed by atoms with Crippen LogP contribution in [0.25, 0.3) is 22.1 Å². The number of amides is 2. The summed E-state index contributed by atoms with van der Waals surface area (Å²) >= 11 is 15.3. The average Bonchev–Trinajstić information content (AvgIpc) is 3.75. The van der Waals surface area contributed by atoms with Gasteiger partial charge in [-0.25, -0.2) is 27.7 Å². The Balaban J connectivity index is 0.000000182. The first-order valence-corrected chi connectivity index (χ1v) is 24.0. The van der Waals surface area contributed by atoms with Crippen molar-refractivity contribution in [3.63, 3.8) is 0 Å². The fraction of sp³-hybridized carbons (Fsp3) is 0.409. The van der Waals surface area contributed by atoms with Gasteiger partial charge in [-0.1, -0.05) is 75.2 Å². The minimum absolute atomic E-state index is 0.0533. The van der Waals surface area contributed by atoms with E-state index in [1.807, 2.05) is 78.8 Å². The second kappa shape index (κ2) is 18.2. The van der Waals surface area contributed by atoms with Gasteiger partial charge in [-0.15, -0.1) is 0 Å². The molecule has 2 saturated heterocycles. The number of carbonyl (C=O) groups is 2. The van der Waals surface area contributed by atoms with Crippen molar-refractivity contribution in [1.29, 1.82) is 0 Å². The summed E-state index contributed by atoms with van der Waals surface area (Å²) in [5, 5.41) is 17.2. The van der Waals surface area contributed by atoms with Crippen molar-refractivity contribution in [1.82, 2.24) is 29.5 Å². The van der Waals surface area contributed by atoms with Crippen LogP contribution < -0.4 is 10.6 Å². The standard InChI is InChI=1S/C22H25ClN4O3S.C22H25ClN4OS/c1-13(2)15-4-6-16(7-5-15)25-22(28)18-12-24-21-19(20(18)23)14(3)26-27(21)17-8-10-31(29,30)11-9-17;1-13(2)15-4-6-16(7-5-15)25-22(28)18-12-24-21-19(20(18)23)14(3)26-27(21)17-8-10-29-11-9-17/h4-7,12-13,17H,8-11H2,1-3H3,(H,25,28);4-7,12-13,17H,8-11H2,1-3H3,(H,25,28). The van der Waals surface area contributed by atoms with Gasteiger partial charge in [0.25, 0.3) is 11.8 Å². The van der Waals surface area contributed by atoms with Gasteiger partial charge in [-0.05, 0) is 98.3 Å². The molecule has 2 N–H and O–H groups in total. The van der Waals surface area contributed by atoms with E-state index in [-0.39, 0.29) is 34.9 Å². The Morgan fingerprint density at radius 3 is 1.43 bits per heavy atom. The largest absolute Gasteiger partial charge is 0.322 e. The molecule has 0 aliphatic carbocycles. The Kier molecular flexibility index (Phi) is 13.2. The van der Waals surface area contributed by atoms with Crippen LogP contribution in [0.5, 0.6) is 0 Å². The third-order valence-corrected chi connectivity index (χ3v) is 14.8. The molecule has 2 aliphatic rings. The molecule has 6 aromatic rings. The summed E-state index contributed by atoms with van der Waals surface area (Å²) in [5.41, 5.74) is 7.30. The molecule has 0 unspecified atom stereocenters. The number of hydrogen-bond acceptors (Lipinski definition) is 9. The molecule has 0 atom stereocenters. The molecule has 2 aliphatic heterocycles. The molecule has 316 valence electrons. The number of sulfone groups is 1. The van der Waals surface area contributed by atoms with Crippen molar-refractivity contribution >= 4 is 90.1 Å². The molecule has 0 spiro atoms. The van der Waals surface area contributed by atoms with Crippen LogP contribution in [-0.2, 0) is 9.84 Å². The molecule has 12 nitrogen and oxygen atoms in total. The van der Waals surface area contributed by atoms with Crippen molar-refractivity contribution in [2.45, 2.75) is 91.1 Å². The van der Waals surface area contributed by atoms with Gasteiger partial charge in [0.15, 0.2) is 11.3 Å². The minimum Gasteiger partial charge on any atom is -0.322 e. The van der Waals surface area contributed by atoms with E-state index in [9.17, 15) is 18.0 Å². The van der Waals surface area contributed by atoms with Crippen LogP contribution in [-0.4, -0.2) is 72.8 Å². The van der Waals surface area contributed by atoms with Crippen molar-refractivity contribution in [3.8, 4) is 0 Å². The van der Waals surface area contributed by atoms with E-state index in [0.717, 1.165) is 46.8 Å². The highest BCUT2D eigenvalue weighted by Gasteiger charge is 2.29. The lowest BCUT2D eigenvalue weighted by Crippen LogP contribution is -2.26. The number of benzene rings is 2. The molecule has 0 radical (unpaired) electrons. The fourth-order valence-corrected chi connectivity index (χ4v) is 10.9. The molecule has 0 saturated carbocycles. The molecule has 2 aromatic carbocycles. The Labute approximate surface area is 365 Å². The zero-order chi connectivity index (χ0) is 42.9. The summed E-state index contributed by atoms with van der Waals surface area (Å²) < 4.78 is 27.3. The molecule has 60 heavy (non-hydrogen) atoms. The summed E-state index contributed by atoms with van der Waals surface area (Å²) in [5.74, 6) is 2.81. The zero-order valence-corrected chi connectivity index (χ0v) is 37.8. The number of hydrogen-bond donors (Lipinski definition) is 2. The summed E-state index contributed by atoms with van der Waals surface area (Å²) in [6, 6.07) is 15.9. The van der Waals surface area contributed by atoms with Gasteiger partial charge in [-0.3, -0.25) is 9.59 Å². The number of fused-ring (bicyclic) bond motifs is 2. The first-order valence-electron chi connectivity index (χ1n) is 20.3. The Morgan fingerprint density at radius 1 is 0.667 bits per heavy atom. The Hall–Kier alpha value is -4.50. The average molecular weight is 890 g/mol. The van der Waals surface area contributed by atoms with Crippen molar-refractivity contribution in [3.05, 3.63) is 105 Å². The number of rotatable bonds is 8. The number of nitrogens with zero attached hydrogens (tertiary/aromatic N) is 6. The maximum absolute atomic E-state index is 12.9. The number of anilines is 2. The SMILES string of the molecule is Cc1nn(C2CCS(=O)(=O)CC2)c2ncc(C(=O)Nc3ccc(C(C)C)cc3)c(Cl)c12.Cc1nn(C2CCSCC2)c2ncc(C(=O)Nc3ccc(C(C)C)cc3)c(Cl)c12. The monoisotopic (exact) mass is 888 g/mol. The summed E-state index contributed by atoms with van der Waals surface area (Å²) in [6.07, 6.45) is 6.17. The second-order valence-electron chi connectivity index (χ2n) is 16.1. The predicted octanol–water partition coefficient (Wildman–Crippen LogP) is 10.4. The van der Waals surface area contributed by atoms with Gasteiger partial charge in [0.2, 0.25) is 0 Å². The maximum atomic E-state index is 12.9. The van der Waals surface area contributed by atoms with E-state index in [2.05, 4.69) is 53.4 Å². The van der Waals surface area contributed by atoms with Gasteiger partial charge in [0, 0.05) is 23.8 Å². The lowest BCUT2D eigenvalue weighted by molar-refractivity contribution is 0.101. The van der Waals surface area contributed by atoms with Crippen LogP contribution in [0, 0.1) is 13.8 Å². The van der Waals surface area contributed by atoms with Gasteiger partial charge >= 0.3 is 0 Å². The van der Waals surface area contributed by atoms with Crippen LogP contribution >= 0.6 is 35.0 Å². The minimum atomic E-state index is -2.97. The third kappa shape index (κ3) is 9.36. The Morgan fingerprint density at radius 2 is 1.05 bits per heavy atom. The molecule has 2 fully saturated rings. The van der Waals surface area contributed by atoms with E-state index in [1.54, 1.807) is 10.9 Å². The normalized spacial score (nSPS) is 16.0. The number of carbonyl (C=O) groups excluding carboxylic acids is 2. The van der Waals surface area contributed by atoms with Crippen LogP contribution in [0.3, 0.4) is 0 Å². The van der Waals surface area contributed by atoms with Gasteiger partial charge in [-0.2, -0.15) is 22.0 Å². The quantitative estimate of drug-likeness (QED) is 0.152. The van der Waals surface area contributed by atoms with Crippen LogP contribution in [0.2, 0.25) is 10.0 Å². The number of aryl methyl sites for hydroxylation is 2. The maximum Gasteiger partial charge on any atom is 0.258 e. The number of pyridine rings is 2. The van der Waals surface area contributed by atoms with Crippen molar-refractivity contribution in [2.24, 2.45) is 0 Å². The molecule has 4 aromatic heterocycles. The fourth-order valence-electron chi connectivity index (χ4n) is 7.64. The number of nitrogens with one attached hydrogen (secondary N) is 2. The molecule has 0 bridgehead atoms. The number of aromatic nitrogens is 6. The van der Waals surface area contributed by atoms with Crippen LogP contribution in [0.1, 0.15) is 121 Å². The summed E-state index contributed by atoms with van der Waals surface area (Å²) in [6.45, 7) is 12.3. The van der Waals surface area contributed by atoms with E-state index in [0.29, 0.717) is 68.7 Å². The Bertz CT molecular complexity index is 2640. The van der Waals surface area contributed by atoms with Gasteiger partial charge in [0.05, 0.1) is 66.9 Å². The van der Waals surface area contributed by atoms with Gasteiger partial charge in [0.1, 0.15) is 9.84 Å². The van der Waals surface area contributed by atoms with E-state index >= 15 is 0 Å². The van der Waals surface area contributed by atoms with Crippen molar-refractivity contribution < 1.29 is 18.0 Å². The number of thioether (sulfide) groups is 1. The molecular formula is C44H50Cl2N8O4S2.